The first-order valence-electron chi connectivity index (χ1n) is 6.03. The summed E-state index contributed by atoms with van der Waals surface area (Å²) in [5.74, 6) is 0. The molecule has 16 heavy (non-hydrogen) atoms. The topological polar surface area (TPSA) is 24.9 Å². The van der Waals surface area contributed by atoms with E-state index in [1.54, 1.807) is 0 Å². The lowest BCUT2D eigenvalue weighted by molar-refractivity contribution is 0.378. The number of aromatic nitrogens is 1. The first-order chi connectivity index (χ1) is 7.75. The predicted octanol–water partition coefficient (Wildman–Crippen LogP) is 3.03. The molecule has 3 heteroatoms. The lowest BCUT2D eigenvalue weighted by atomic mass is 9.95. The van der Waals surface area contributed by atoms with Crippen molar-refractivity contribution in [2.75, 3.05) is 0 Å². The number of alkyl halides is 1. The lowest BCUT2D eigenvalue weighted by Crippen LogP contribution is -2.38. The van der Waals surface area contributed by atoms with Gasteiger partial charge in [0.1, 0.15) is 0 Å². The van der Waals surface area contributed by atoms with Crippen LogP contribution in [-0.4, -0.2) is 16.4 Å². The van der Waals surface area contributed by atoms with Crippen LogP contribution in [-0.2, 0) is 6.54 Å². The van der Waals surface area contributed by atoms with Gasteiger partial charge in [-0.1, -0.05) is 18.9 Å². The quantitative estimate of drug-likeness (QED) is 0.819. The molecule has 0 aromatic carbocycles. The van der Waals surface area contributed by atoms with Gasteiger partial charge in [0.2, 0.25) is 0 Å². The van der Waals surface area contributed by atoms with E-state index in [-0.39, 0.29) is 0 Å². The van der Waals surface area contributed by atoms with Gasteiger partial charge in [-0.3, -0.25) is 4.98 Å². The van der Waals surface area contributed by atoms with Crippen LogP contribution in [0.3, 0.4) is 0 Å². The van der Waals surface area contributed by atoms with E-state index in [1.807, 2.05) is 12.4 Å². The minimum absolute atomic E-state index is 0.298. The summed E-state index contributed by atoms with van der Waals surface area (Å²) < 4.78 is 0. The molecule has 0 saturated heterocycles. The van der Waals surface area contributed by atoms with Crippen molar-refractivity contribution in [3.05, 3.63) is 29.6 Å². The molecule has 1 saturated carbocycles. The maximum Gasteiger partial charge on any atom is 0.0489 e. The van der Waals surface area contributed by atoms with E-state index in [0.717, 1.165) is 13.0 Å². The Hall–Kier alpha value is -0.600. The van der Waals surface area contributed by atoms with Gasteiger partial charge in [-0.15, -0.1) is 11.6 Å². The fourth-order valence-electron chi connectivity index (χ4n) is 2.28. The average molecular weight is 239 g/mol. The fraction of sp³-hybridized carbons (Fsp3) is 0.615. The molecule has 2 rings (SSSR count). The average Bonchev–Trinajstić information content (AvgIpc) is 2.28. The molecule has 1 aromatic rings. The molecule has 0 radical (unpaired) electrons. The molecular weight excluding hydrogens is 220 g/mol. The van der Waals surface area contributed by atoms with Gasteiger partial charge in [0, 0.05) is 30.4 Å². The molecule has 0 bridgehead atoms. The molecule has 2 atom stereocenters. The van der Waals surface area contributed by atoms with Gasteiger partial charge in [0.15, 0.2) is 0 Å². The Balaban J connectivity index is 1.86. The van der Waals surface area contributed by atoms with E-state index in [2.05, 4.69) is 23.3 Å². The van der Waals surface area contributed by atoms with Gasteiger partial charge < -0.3 is 5.32 Å². The summed E-state index contributed by atoms with van der Waals surface area (Å²) in [5, 5.41) is 3.84. The minimum Gasteiger partial charge on any atom is -0.308 e. The Labute approximate surface area is 102 Å². The normalized spacial score (nSPS) is 25.6. The Bertz CT molecular complexity index is 340. The third kappa shape index (κ3) is 3.19. The first kappa shape index (κ1) is 11.9. The van der Waals surface area contributed by atoms with Gasteiger partial charge in [0.25, 0.3) is 0 Å². The van der Waals surface area contributed by atoms with Gasteiger partial charge in [0.05, 0.1) is 0 Å². The van der Waals surface area contributed by atoms with Crippen LogP contribution in [0, 0.1) is 6.92 Å². The Kier molecular flexibility index (Phi) is 4.19. The van der Waals surface area contributed by atoms with Crippen LogP contribution in [0.1, 0.15) is 36.8 Å². The van der Waals surface area contributed by atoms with Gasteiger partial charge in [-0.25, -0.2) is 0 Å². The van der Waals surface area contributed by atoms with E-state index >= 15 is 0 Å². The predicted molar refractivity (Wildman–Crippen MR) is 67.7 cm³/mol. The highest BCUT2D eigenvalue weighted by atomic mass is 35.5. The largest absolute Gasteiger partial charge is 0.308 e. The van der Waals surface area contributed by atoms with Crippen LogP contribution in [0.2, 0.25) is 0 Å². The summed E-state index contributed by atoms with van der Waals surface area (Å²) in [6.45, 7) is 2.95. The van der Waals surface area contributed by atoms with E-state index in [9.17, 15) is 0 Å². The van der Waals surface area contributed by atoms with Crippen LogP contribution in [0.4, 0.5) is 0 Å². The highest BCUT2D eigenvalue weighted by Gasteiger charge is 2.22. The van der Waals surface area contributed by atoms with Crippen molar-refractivity contribution in [1.82, 2.24) is 10.3 Å². The molecule has 1 aliphatic carbocycles. The maximum atomic E-state index is 6.30. The van der Waals surface area contributed by atoms with Crippen molar-refractivity contribution in [1.29, 1.82) is 0 Å². The maximum absolute atomic E-state index is 6.30. The molecule has 1 N–H and O–H groups in total. The van der Waals surface area contributed by atoms with Crippen LogP contribution in [0.25, 0.3) is 0 Å². The number of halogens is 1. The Morgan fingerprint density at radius 1 is 1.38 bits per heavy atom. The molecule has 2 unspecified atom stereocenters. The number of aryl methyl sites for hydroxylation is 1. The number of nitrogens with zero attached hydrogens (tertiary/aromatic N) is 1. The SMILES string of the molecule is Cc1cncc(CNC2CCCCC2Cl)c1. The zero-order chi connectivity index (χ0) is 11.4. The molecule has 0 amide bonds. The zero-order valence-electron chi connectivity index (χ0n) is 9.75. The summed E-state index contributed by atoms with van der Waals surface area (Å²) >= 11 is 6.30. The number of hydrogen-bond acceptors (Lipinski definition) is 2. The zero-order valence-corrected chi connectivity index (χ0v) is 10.5. The van der Waals surface area contributed by atoms with Crippen molar-refractivity contribution < 1.29 is 0 Å². The monoisotopic (exact) mass is 238 g/mol. The molecular formula is C13H19ClN2. The van der Waals surface area contributed by atoms with Crippen molar-refractivity contribution >= 4 is 11.6 Å². The summed E-state index contributed by atoms with van der Waals surface area (Å²) in [5.41, 5.74) is 2.46. The fourth-order valence-corrected chi connectivity index (χ4v) is 2.65. The second-order valence-corrected chi connectivity index (χ2v) is 5.22. The van der Waals surface area contributed by atoms with Gasteiger partial charge in [-0.05, 0) is 30.9 Å². The second kappa shape index (κ2) is 5.65. The summed E-state index contributed by atoms with van der Waals surface area (Å²) in [6, 6.07) is 2.64. The molecule has 1 aliphatic rings. The second-order valence-electron chi connectivity index (χ2n) is 4.66. The highest BCUT2D eigenvalue weighted by molar-refractivity contribution is 6.21. The molecule has 1 heterocycles. The third-order valence-electron chi connectivity index (χ3n) is 3.18. The van der Waals surface area contributed by atoms with Crippen molar-refractivity contribution in [2.24, 2.45) is 0 Å². The van der Waals surface area contributed by atoms with Crippen LogP contribution in [0.15, 0.2) is 18.5 Å². The molecule has 1 aromatic heterocycles. The Morgan fingerprint density at radius 3 is 2.94 bits per heavy atom. The van der Waals surface area contributed by atoms with Crippen LogP contribution in [0.5, 0.6) is 0 Å². The minimum atomic E-state index is 0.298. The van der Waals surface area contributed by atoms with E-state index < -0.39 is 0 Å². The molecule has 0 spiro atoms. The lowest BCUT2D eigenvalue weighted by Gasteiger charge is -2.28. The van der Waals surface area contributed by atoms with Crippen molar-refractivity contribution in [2.45, 2.75) is 50.6 Å². The molecule has 2 nitrogen and oxygen atoms in total. The smallest absolute Gasteiger partial charge is 0.0489 e. The first-order valence-corrected chi connectivity index (χ1v) is 6.47. The number of rotatable bonds is 3. The van der Waals surface area contributed by atoms with Crippen LogP contribution < -0.4 is 5.32 Å². The van der Waals surface area contributed by atoms with Crippen molar-refractivity contribution in [3.63, 3.8) is 0 Å². The summed E-state index contributed by atoms with van der Waals surface area (Å²) in [6.07, 6.45) is 8.73. The number of nitrogens with one attached hydrogen (secondary N) is 1. The Morgan fingerprint density at radius 2 is 2.19 bits per heavy atom. The summed E-state index contributed by atoms with van der Waals surface area (Å²) in [7, 11) is 0. The van der Waals surface area contributed by atoms with Crippen LogP contribution >= 0.6 is 11.6 Å². The third-order valence-corrected chi connectivity index (χ3v) is 3.70. The van der Waals surface area contributed by atoms with Gasteiger partial charge in [-0.2, -0.15) is 0 Å². The molecule has 88 valence electrons. The van der Waals surface area contributed by atoms with Gasteiger partial charge >= 0.3 is 0 Å². The molecule has 1 fully saturated rings. The number of hydrogen-bond donors (Lipinski definition) is 1. The summed E-state index contributed by atoms with van der Waals surface area (Å²) in [4.78, 5) is 4.19. The molecule has 0 aliphatic heterocycles. The van der Waals surface area contributed by atoms with Crippen molar-refractivity contribution in [3.8, 4) is 0 Å². The van der Waals surface area contributed by atoms with E-state index in [4.69, 9.17) is 11.6 Å². The number of pyridine rings is 1. The van der Waals surface area contributed by atoms with E-state index in [1.165, 1.54) is 30.4 Å². The highest BCUT2D eigenvalue weighted by Crippen LogP contribution is 2.23. The standard InChI is InChI=1S/C13H19ClN2/c1-10-6-11(8-15-7-10)9-16-13-5-3-2-4-12(13)14/h6-8,12-13,16H,2-5,9H2,1H3. The van der Waals surface area contributed by atoms with E-state index in [0.29, 0.717) is 11.4 Å².